The SMILES string of the molecule is CC(C)COC(=O)NCC1Cc2c(n(Cc3ccccn3)c3ccc(N)cc23)C1. The van der Waals surface area contributed by atoms with E-state index >= 15 is 0 Å². The first-order valence-corrected chi connectivity index (χ1v) is 10.2. The molecule has 1 amide bonds. The Bertz CT molecular complexity index is 1010. The van der Waals surface area contributed by atoms with Crippen molar-refractivity contribution in [3.8, 4) is 0 Å². The third-order valence-electron chi connectivity index (χ3n) is 5.41. The van der Waals surface area contributed by atoms with E-state index in [0.29, 0.717) is 25.0 Å². The van der Waals surface area contributed by atoms with Gasteiger partial charge < -0.3 is 20.4 Å². The minimum Gasteiger partial charge on any atom is -0.449 e. The second kappa shape index (κ2) is 8.15. The molecular formula is C23H28N4O2. The van der Waals surface area contributed by atoms with Gasteiger partial charge in [0.15, 0.2) is 0 Å². The van der Waals surface area contributed by atoms with Crippen molar-refractivity contribution in [3.63, 3.8) is 0 Å². The van der Waals surface area contributed by atoms with Crippen molar-refractivity contribution in [1.82, 2.24) is 14.9 Å². The Morgan fingerprint density at radius 3 is 2.93 bits per heavy atom. The molecule has 6 nitrogen and oxygen atoms in total. The fraction of sp³-hybridized carbons (Fsp3) is 0.391. The number of anilines is 1. The standard InChI is InChI=1S/C23H28N4O2/c1-15(2)14-29-23(28)26-12-16-9-19-20-11-17(24)6-7-21(20)27(22(19)10-16)13-18-5-3-4-8-25-18/h3-8,11,15-16H,9-10,12-14,24H2,1-2H3,(H,26,28). The number of hydrogen-bond donors (Lipinski definition) is 2. The number of nitrogens with two attached hydrogens (primary N) is 1. The number of carbonyl (C=O) groups excluding carboxylic acids is 1. The largest absolute Gasteiger partial charge is 0.449 e. The highest BCUT2D eigenvalue weighted by atomic mass is 16.5. The molecule has 0 saturated carbocycles. The lowest BCUT2D eigenvalue weighted by Crippen LogP contribution is -2.31. The summed E-state index contributed by atoms with van der Waals surface area (Å²) < 4.78 is 7.58. The summed E-state index contributed by atoms with van der Waals surface area (Å²) in [6.45, 7) is 5.83. The molecule has 152 valence electrons. The maximum atomic E-state index is 11.9. The Morgan fingerprint density at radius 1 is 1.31 bits per heavy atom. The lowest BCUT2D eigenvalue weighted by atomic mass is 10.0. The van der Waals surface area contributed by atoms with E-state index in [0.717, 1.165) is 30.8 Å². The number of amides is 1. The fourth-order valence-electron chi connectivity index (χ4n) is 4.09. The first kappa shape index (κ1) is 19.3. The molecule has 1 atom stereocenters. The van der Waals surface area contributed by atoms with Crippen molar-refractivity contribution in [2.45, 2.75) is 33.2 Å². The Kier molecular flexibility index (Phi) is 5.43. The van der Waals surface area contributed by atoms with Gasteiger partial charge in [-0.25, -0.2) is 4.79 Å². The molecule has 2 aromatic heterocycles. The molecule has 0 saturated heterocycles. The van der Waals surface area contributed by atoms with Crippen LogP contribution >= 0.6 is 0 Å². The van der Waals surface area contributed by atoms with E-state index in [2.05, 4.69) is 27.0 Å². The number of nitrogens with one attached hydrogen (secondary N) is 1. The number of fused-ring (bicyclic) bond motifs is 3. The Labute approximate surface area is 171 Å². The molecule has 2 heterocycles. The van der Waals surface area contributed by atoms with Gasteiger partial charge in [0.25, 0.3) is 0 Å². The van der Waals surface area contributed by atoms with Crippen LogP contribution in [-0.2, 0) is 24.1 Å². The summed E-state index contributed by atoms with van der Waals surface area (Å²) >= 11 is 0. The molecule has 0 radical (unpaired) electrons. The third-order valence-corrected chi connectivity index (χ3v) is 5.41. The van der Waals surface area contributed by atoms with Crippen LogP contribution in [-0.4, -0.2) is 28.8 Å². The van der Waals surface area contributed by atoms with E-state index < -0.39 is 0 Å². The van der Waals surface area contributed by atoms with Crippen LogP contribution < -0.4 is 11.1 Å². The van der Waals surface area contributed by atoms with Gasteiger partial charge in [0.2, 0.25) is 0 Å². The molecule has 4 rings (SSSR count). The van der Waals surface area contributed by atoms with Crippen LogP contribution in [0.25, 0.3) is 10.9 Å². The number of benzene rings is 1. The summed E-state index contributed by atoms with van der Waals surface area (Å²) in [6.07, 6.45) is 3.34. The van der Waals surface area contributed by atoms with Crippen molar-refractivity contribution in [2.75, 3.05) is 18.9 Å². The van der Waals surface area contributed by atoms with Crippen LogP contribution in [0.2, 0.25) is 0 Å². The summed E-state index contributed by atoms with van der Waals surface area (Å²) in [5, 5.41) is 4.13. The molecule has 0 bridgehead atoms. The van der Waals surface area contributed by atoms with Crippen LogP contribution in [0.4, 0.5) is 10.5 Å². The Balaban J connectivity index is 1.54. The summed E-state index contributed by atoms with van der Waals surface area (Å²) in [5.74, 6) is 0.687. The van der Waals surface area contributed by atoms with E-state index in [4.69, 9.17) is 10.5 Å². The molecule has 0 aliphatic heterocycles. The molecule has 3 N–H and O–H groups in total. The fourth-order valence-corrected chi connectivity index (χ4v) is 4.09. The Hall–Kier alpha value is -3.02. The second-order valence-electron chi connectivity index (χ2n) is 8.26. The zero-order valence-electron chi connectivity index (χ0n) is 17.0. The molecule has 0 spiro atoms. The van der Waals surface area contributed by atoms with Crippen molar-refractivity contribution in [2.24, 2.45) is 11.8 Å². The van der Waals surface area contributed by atoms with Crippen molar-refractivity contribution in [3.05, 3.63) is 59.5 Å². The highest BCUT2D eigenvalue weighted by Gasteiger charge is 2.29. The molecule has 1 aliphatic carbocycles. The number of aromatic nitrogens is 2. The molecule has 6 heteroatoms. The summed E-state index contributed by atoms with van der Waals surface area (Å²) in [5.41, 5.74) is 11.7. The highest BCUT2D eigenvalue weighted by molar-refractivity contribution is 5.89. The maximum Gasteiger partial charge on any atom is 0.407 e. The van der Waals surface area contributed by atoms with Crippen LogP contribution in [0.1, 0.15) is 30.8 Å². The van der Waals surface area contributed by atoms with Crippen LogP contribution in [0, 0.1) is 11.8 Å². The van der Waals surface area contributed by atoms with Gasteiger partial charge in [-0.1, -0.05) is 19.9 Å². The zero-order valence-corrected chi connectivity index (χ0v) is 17.0. The zero-order chi connectivity index (χ0) is 20.4. The number of pyridine rings is 1. The summed E-state index contributed by atoms with van der Waals surface area (Å²) in [7, 11) is 0. The van der Waals surface area contributed by atoms with Crippen molar-refractivity contribution >= 4 is 22.7 Å². The van der Waals surface area contributed by atoms with Gasteiger partial charge in [-0.15, -0.1) is 0 Å². The van der Waals surface area contributed by atoms with E-state index in [9.17, 15) is 4.79 Å². The predicted octanol–water partition coefficient (Wildman–Crippen LogP) is 3.76. The number of ether oxygens (including phenoxy) is 1. The highest BCUT2D eigenvalue weighted by Crippen LogP contribution is 2.37. The van der Waals surface area contributed by atoms with Crippen molar-refractivity contribution in [1.29, 1.82) is 0 Å². The lowest BCUT2D eigenvalue weighted by Gasteiger charge is -2.14. The first-order valence-electron chi connectivity index (χ1n) is 10.2. The third kappa shape index (κ3) is 4.21. The number of rotatable bonds is 6. The first-order chi connectivity index (χ1) is 14.0. The minimum atomic E-state index is -0.333. The molecule has 3 aromatic rings. The van der Waals surface area contributed by atoms with Gasteiger partial charge in [0.05, 0.1) is 18.8 Å². The van der Waals surface area contributed by atoms with Gasteiger partial charge >= 0.3 is 6.09 Å². The molecule has 29 heavy (non-hydrogen) atoms. The van der Waals surface area contributed by atoms with Gasteiger partial charge in [0.1, 0.15) is 0 Å². The normalized spacial score (nSPS) is 15.6. The number of carbonyl (C=O) groups is 1. The van der Waals surface area contributed by atoms with E-state index in [1.54, 1.807) is 0 Å². The molecule has 1 aromatic carbocycles. The van der Waals surface area contributed by atoms with E-state index in [-0.39, 0.29) is 6.09 Å². The number of hydrogen-bond acceptors (Lipinski definition) is 4. The van der Waals surface area contributed by atoms with E-state index in [1.807, 2.05) is 44.3 Å². The van der Waals surface area contributed by atoms with Crippen LogP contribution in [0.15, 0.2) is 42.6 Å². The van der Waals surface area contributed by atoms with Crippen molar-refractivity contribution < 1.29 is 9.53 Å². The second-order valence-corrected chi connectivity index (χ2v) is 8.26. The van der Waals surface area contributed by atoms with Gasteiger partial charge in [-0.05, 0) is 60.6 Å². The minimum absolute atomic E-state index is 0.333. The smallest absolute Gasteiger partial charge is 0.407 e. The van der Waals surface area contributed by atoms with Crippen LogP contribution in [0.5, 0.6) is 0 Å². The molecule has 1 unspecified atom stereocenters. The van der Waals surface area contributed by atoms with Crippen LogP contribution in [0.3, 0.4) is 0 Å². The van der Waals surface area contributed by atoms with Gasteiger partial charge in [0, 0.05) is 35.0 Å². The van der Waals surface area contributed by atoms with Gasteiger partial charge in [-0.3, -0.25) is 4.98 Å². The number of nitrogens with zero attached hydrogens (tertiary/aromatic N) is 2. The summed E-state index contributed by atoms with van der Waals surface area (Å²) in [4.78, 5) is 16.4. The lowest BCUT2D eigenvalue weighted by molar-refractivity contribution is 0.131. The predicted molar refractivity (Wildman–Crippen MR) is 115 cm³/mol. The molecule has 0 fully saturated rings. The topological polar surface area (TPSA) is 82.2 Å². The monoisotopic (exact) mass is 392 g/mol. The summed E-state index contributed by atoms with van der Waals surface area (Å²) in [6, 6.07) is 12.1. The maximum absolute atomic E-state index is 11.9. The van der Waals surface area contributed by atoms with E-state index in [1.165, 1.54) is 22.2 Å². The number of alkyl carbamates (subject to hydrolysis) is 1. The molecule has 1 aliphatic rings. The Morgan fingerprint density at radius 2 is 2.17 bits per heavy atom. The average molecular weight is 393 g/mol. The average Bonchev–Trinajstić information content (AvgIpc) is 3.24. The van der Waals surface area contributed by atoms with Gasteiger partial charge in [-0.2, -0.15) is 0 Å². The quantitative estimate of drug-likeness (QED) is 0.626. The number of nitrogen functional groups attached to an aromatic ring is 1. The molecular weight excluding hydrogens is 364 g/mol.